The highest BCUT2D eigenvalue weighted by Gasteiger charge is 2.13. The molecular formula is C11H11BrFNOS. The minimum Gasteiger partial charge on any atom is -1.00 e. The number of nitrogens with zero attached hydrogens (tertiary/aromatic N) is 1. The Labute approximate surface area is 108 Å². The van der Waals surface area contributed by atoms with Crippen LogP contribution in [0.2, 0.25) is 0 Å². The van der Waals surface area contributed by atoms with Crippen LogP contribution < -0.4 is 21.5 Å². The fourth-order valence-electron chi connectivity index (χ4n) is 1.36. The Morgan fingerprint density at radius 1 is 1.31 bits per heavy atom. The van der Waals surface area contributed by atoms with Gasteiger partial charge in [0.05, 0.1) is 5.38 Å². The molecule has 2 nitrogen and oxygen atoms in total. The Morgan fingerprint density at radius 3 is 2.56 bits per heavy atom. The van der Waals surface area contributed by atoms with Crippen LogP contribution in [0.5, 0.6) is 0 Å². The van der Waals surface area contributed by atoms with E-state index in [9.17, 15) is 9.50 Å². The van der Waals surface area contributed by atoms with Gasteiger partial charge in [-0.05, 0) is 17.7 Å². The van der Waals surface area contributed by atoms with Crippen molar-refractivity contribution in [1.82, 2.24) is 0 Å². The first-order valence-corrected chi connectivity index (χ1v) is 5.55. The lowest BCUT2D eigenvalue weighted by Gasteiger charge is -2.06. The van der Waals surface area contributed by atoms with Gasteiger partial charge >= 0.3 is 0 Å². The first-order valence-electron chi connectivity index (χ1n) is 4.60. The molecule has 0 amide bonds. The summed E-state index contributed by atoms with van der Waals surface area (Å²) in [5, 5.41) is 11.8. The molecule has 0 saturated carbocycles. The Kier molecular flexibility index (Phi) is 5.05. The van der Waals surface area contributed by atoms with E-state index in [2.05, 4.69) is 0 Å². The number of aromatic nitrogens is 1. The van der Waals surface area contributed by atoms with Crippen LogP contribution in [-0.4, -0.2) is 5.11 Å². The number of halogens is 2. The molecule has 2 aromatic rings. The Hall–Kier alpha value is -0.780. The van der Waals surface area contributed by atoms with E-state index >= 15 is 0 Å². The van der Waals surface area contributed by atoms with Gasteiger partial charge in [0.25, 0.3) is 0 Å². The summed E-state index contributed by atoms with van der Waals surface area (Å²) in [7, 11) is 0. The van der Waals surface area contributed by atoms with E-state index in [0.717, 1.165) is 5.56 Å². The van der Waals surface area contributed by atoms with Crippen molar-refractivity contribution in [3.8, 4) is 0 Å². The molecule has 1 aromatic heterocycles. The second-order valence-electron chi connectivity index (χ2n) is 3.29. The zero-order chi connectivity index (χ0) is 10.7. The standard InChI is InChI=1S/C11H11FNOS.BrH/c12-10-3-1-9(2-4-10)11(14)7-13-5-6-15-8-13;/h1-6,8,11,14H,7H2;1H/q+1;/p-1. The lowest BCUT2D eigenvalue weighted by Crippen LogP contribution is -3.00. The predicted octanol–water partition coefficient (Wildman–Crippen LogP) is -1.09. The summed E-state index contributed by atoms with van der Waals surface area (Å²) < 4.78 is 14.5. The van der Waals surface area contributed by atoms with Crippen molar-refractivity contribution >= 4 is 11.3 Å². The molecular weight excluding hydrogens is 293 g/mol. The minimum absolute atomic E-state index is 0. The third-order valence-electron chi connectivity index (χ3n) is 2.17. The number of hydrogen-bond donors (Lipinski definition) is 1. The summed E-state index contributed by atoms with van der Waals surface area (Å²) in [5.74, 6) is -0.283. The summed E-state index contributed by atoms with van der Waals surface area (Å²) in [6, 6.07) is 5.92. The molecule has 0 aliphatic heterocycles. The summed E-state index contributed by atoms with van der Waals surface area (Å²) in [6.07, 6.45) is 1.31. The number of benzene rings is 1. The van der Waals surface area contributed by atoms with Crippen LogP contribution in [0, 0.1) is 5.82 Å². The van der Waals surface area contributed by atoms with Gasteiger partial charge in [0.15, 0.2) is 12.7 Å². The van der Waals surface area contributed by atoms with Gasteiger partial charge in [-0.1, -0.05) is 23.5 Å². The van der Waals surface area contributed by atoms with Crippen LogP contribution in [0.25, 0.3) is 0 Å². The van der Waals surface area contributed by atoms with Crippen LogP contribution in [0.15, 0.2) is 41.4 Å². The smallest absolute Gasteiger partial charge is 0.224 e. The molecule has 0 radical (unpaired) electrons. The van der Waals surface area contributed by atoms with Gasteiger partial charge in [-0.25, -0.2) is 4.39 Å². The summed E-state index contributed by atoms with van der Waals surface area (Å²) >= 11 is 1.57. The van der Waals surface area contributed by atoms with E-state index in [-0.39, 0.29) is 22.8 Å². The van der Waals surface area contributed by atoms with E-state index in [1.807, 2.05) is 21.7 Å². The normalized spacial score (nSPS) is 11.9. The Bertz CT molecular complexity index is 418. The number of thiazole rings is 1. The van der Waals surface area contributed by atoms with Gasteiger partial charge in [-0.15, -0.1) is 0 Å². The predicted molar refractivity (Wildman–Crippen MR) is 55.9 cm³/mol. The zero-order valence-electron chi connectivity index (χ0n) is 8.38. The molecule has 0 saturated heterocycles. The average Bonchev–Trinajstić information content (AvgIpc) is 2.71. The Morgan fingerprint density at radius 2 is 2.00 bits per heavy atom. The first kappa shape index (κ1) is 13.3. The number of rotatable bonds is 3. The number of aliphatic hydroxyl groups is 1. The quantitative estimate of drug-likeness (QED) is 0.716. The van der Waals surface area contributed by atoms with Gasteiger partial charge < -0.3 is 22.1 Å². The van der Waals surface area contributed by atoms with E-state index in [1.54, 1.807) is 23.5 Å². The highest BCUT2D eigenvalue weighted by Crippen LogP contribution is 2.13. The topological polar surface area (TPSA) is 24.1 Å². The third kappa shape index (κ3) is 3.37. The fourth-order valence-corrected chi connectivity index (χ4v) is 1.97. The van der Waals surface area contributed by atoms with E-state index in [0.29, 0.717) is 6.54 Å². The summed E-state index contributed by atoms with van der Waals surface area (Å²) in [6.45, 7) is 0.495. The average molecular weight is 304 g/mol. The molecule has 5 heteroatoms. The number of hydrogen-bond acceptors (Lipinski definition) is 2. The molecule has 86 valence electrons. The van der Waals surface area contributed by atoms with Crippen molar-refractivity contribution in [2.24, 2.45) is 0 Å². The van der Waals surface area contributed by atoms with Crippen LogP contribution in [0.1, 0.15) is 11.7 Å². The SMILES string of the molecule is OC(C[n+]1ccsc1)c1ccc(F)cc1.[Br-]. The molecule has 1 N–H and O–H groups in total. The van der Waals surface area contributed by atoms with Gasteiger partial charge in [0.2, 0.25) is 5.51 Å². The second kappa shape index (κ2) is 6.08. The van der Waals surface area contributed by atoms with Crippen molar-refractivity contribution < 1.29 is 31.0 Å². The lowest BCUT2D eigenvalue weighted by molar-refractivity contribution is -0.700. The molecule has 0 bridgehead atoms. The third-order valence-corrected chi connectivity index (χ3v) is 2.84. The maximum Gasteiger partial charge on any atom is 0.224 e. The van der Waals surface area contributed by atoms with Crippen molar-refractivity contribution in [1.29, 1.82) is 0 Å². The van der Waals surface area contributed by atoms with Crippen LogP contribution >= 0.6 is 11.3 Å². The van der Waals surface area contributed by atoms with Gasteiger partial charge in [-0.2, -0.15) is 4.57 Å². The molecule has 1 heterocycles. The van der Waals surface area contributed by atoms with Crippen molar-refractivity contribution in [2.45, 2.75) is 12.6 Å². The molecule has 0 fully saturated rings. The second-order valence-corrected chi connectivity index (χ2v) is 4.05. The highest BCUT2D eigenvalue weighted by atomic mass is 79.9. The van der Waals surface area contributed by atoms with Gasteiger partial charge in [0, 0.05) is 0 Å². The van der Waals surface area contributed by atoms with Gasteiger partial charge in [0.1, 0.15) is 11.9 Å². The van der Waals surface area contributed by atoms with Crippen LogP contribution in [0.3, 0.4) is 0 Å². The van der Waals surface area contributed by atoms with Gasteiger partial charge in [-0.3, -0.25) is 0 Å². The molecule has 1 atom stereocenters. The van der Waals surface area contributed by atoms with Crippen molar-refractivity contribution in [3.05, 3.63) is 52.7 Å². The van der Waals surface area contributed by atoms with Crippen molar-refractivity contribution in [3.63, 3.8) is 0 Å². The largest absolute Gasteiger partial charge is 1.00 e. The molecule has 0 spiro atoms. The van der Waals surface area contributed by atoms with Crippen LogP contribution in [-0.2, 0) is 6.54 Å². The lowest BCUT2D eigenvalue weighted by atomic mass is 10.1. The zero-order valence-corrected chi connectivity index (χ0v) is 10.8. The summed E-state index contributed by atoms with van der Waals surface area (Å²) in [5.41, 5.74) is 2.65. The van der Waals surface area contributed by atoms with Crippen molar-refractivity contribution in [2.75, 3.05) is 0 Å². The fraction of sp³-hybridized carbons (Fsp3) is 0.182. The minimum atomic E-state index is -0.592. The van der Waals surface area contributed by atoms with E-state index in [4.69, 9.17) is 0 Å². The number of aliphatic hydroxyl groups excluding tert-OH is 1. The summed E-state index contributed by atoms with van der Waals surface area (Å²) in [4.78, 5) is 0. The molecule has 16 heavy (non-hydrogen) atoms. The van der Waals surface area contributed by atoms with E-state index < -0.39 is 6.10 Å². The molecule has 0 aliphatic carbocycles. The monoisotopic (exact) mass is 303 g/mol. The highest BCUT2D eigenvalue weighted by molar-refractivity contribution is 7.07. The maximum absolute atomic E-state index is 12.6. The maximum atomic E-state index is 12.6. The molecule has 1 unspecified atom stereocenters. The Balaban J connectivity index is 0.00000128. The first-order chi connectivity index (χ1) is 7.25. The molecule has 2 rings (SSSR count). The van der Waals surface area contributed by atoms with Crippen LogP contribution in [0.4, 0.5) is 4.39 Å². The molecule has 0 aliphatic rings. The van der Waals surface area contributed by atoms with E-state index in [1.165, 1.54) is 12.1 Å². The molecule has 1 aromatic carbocycles.